The Morgan fingerprint density at radius 1 is 1.30 bits per heavy atom. The van der Waals surface area contributed by atoms with Crippen LogP contribution in [0.2, 0.25) is 0 Å². The number of ether oxygens (including phenoxy) is 1. The Morgan fingerprint density at radius 2 is 2.00 bits per heavy atom. The lowest BCUT2D eigenvalue weighted by Gasteiger charge is -2.13. The van der Waals surface area contributed by atoms with E-state index in [-0.39, 0.29) is 0 Å². The van der Waals surface area contributed by atoms with Gasteiger partial charge < -0.3 is 4.74 Å². The van der Waals surface area contributed by atoms with Crippen molar-refractivity contribution in [1.82, 2.24) is 0 Å². The highest BCUT2D eigenvalue weighted by atomic mass is 16.5. The molecule has 0 amide bonds. The zero-order valence-corrected chi connectivity index (χ0v) is 7.26. The first-order valence-electron chi connectivity index (χ1n) is 4.26. The minimum atomic E-state index is 0.562. The second-order valence-corrected chi connectivity index (χ2v) is 3.67. The Kier molecular flexibility index (Phi) is 2.72. The molecule has 1 aliphatic carbocycles. The molecule has 1 aliphatic rings. The highest BCUT2D eigenvalue weighted by molar-refractivity contribution is 4.77. The summed E-state index contributed by atoms with van der Waals surface area (Å²) in [5.41, 5.74) is 0. The molecule has 0 aromatic rings. The Labute approximate surface area is 63.8 Å². The van der Waals surface area contributed by atoms with E-state index in [1.807, 2.05) is 7.11 Å². The first-order valence-corrected chi connectivity index (χ1v) is 4.26. The van der Waals surface area contributed by atoms with E-state index in [9.17, 15) is 0 Å². The molecular weight excluding hydrogens is 124 g/mol. The van der Waals surface area contributed by atoms with Crippen LogP contribution in [-0.2, 0) is 4.74 Å². The summed E-state index contributed by atoms with van der Waals surface area (Å²) < 4.78 is 5.29. The van der Waals surface area contributed by atoms with Crippen molar-refractivity contribution in [3.8, 4) is 0 Å². The van der Waals surface area contributed by atoms with E-state index in [1.54, 1.807) is 0 Å². The lowest BCUT2D eigenvalue weighted by Crippen LogP contribution is -2.08. The molecule has 1 saturated carbocycles. The van der Waals surface area contributed by atoms with Crippen molar-refractivity contribution < 1.29 is 4.74 Å². The van der Waals surface area contributed by atoms with E-state index < -0.39 is 0 Å². The van der Waals surface area contributed by atoms with Crippen LogP contribution in [0.5, 0.6) is 0 Å². The Balaban J connectivity index is 2.28. The predicted octanol–water partition coefficient (Wildman–Crippen LogP) is 2.46. The van der Waals surface area contributed by atoms with E-state index >= 15 is 0 Å². The monoisotopic (exact) mass is 142 g/mol. The van der Waals surface area contributed by atoms with E-state index in [4.69, 9.17) is 4.74 Å². The molecule has 0 heterocycles. The Hall–Kier alpha value is -0.0400. The van der Waals surface area contributed by atoms with Gasteiger partial charge in [-0.25, -0.2) is 0 Å². The summed E-state index contributed by atoms with van der Waals surface area (Å²) in [7, 11) is 1.83. The molecule has 0 spiro atoms. The average molecular weight is 142 g/mol. The van der Waals surface area contributed by atoms with Gasteiger partial charge in [0.15, 0.2) is 0 Å². The largest absolute Gasteiger partial charge is 0.381 e. The number of hydrogen-bond acceptors (Lipinski definition) is 1. The van der Waals surface area contributed by atoms with E-state index in [2.05, 4.69) is 13.8 Å². The maximum atomic E-state index is 5.29. The molecule has 1 fully saturated rings. The molecule has 0 bridgehead atoms. The minimum Gasteiger partial charge on any atom is -0.381 e. The predicted molar refractivity (Wildman–Crippen MR) is 43.0 cm³/mol. The molecule has 0 N–H and O–H groups in total. The minimum absolute atomic E-state index is 0.562. The summed E-state index contributed by atoms with van der Waals surface area (Å²) in [5, 5.41) is 0. The molecule has 0 aromatic carbocycles. The zero-order valence-electron chi connectivity index (χ0n) is 7.26. The molecule has 1 nitrogen and oxygen atoms in total. The van der Waals surface area contributed by atoms with Crippen molar-refractivity contribution in [2.75, 3.05) is 7.11 Å². The molecule has 60 valence electrons. The third-order valence-electron chi connectivity index (χ3n) is 2.70. The second kappa shape index (κ2) is 3.38. The van der Waals surface area contributed by atoms with Crippen LogP contribution in [0.1, 0.15) is 33.1 Å². The van der Waals surface area contributed by atoms with Gasteiger partial charge in [0.25, 0.3) is 0 Å². The SMILES string of the molecule is COC1CCC(C(C)C)C1. The van der Waals surface area contributed by atoms with Crippen molar-refractivity contribution in [3.05, 3.63) is 0 Å². The maximum Gasteiger partial charge on any atom is 0.0574 e. The third-order valence-corrected chi connectivity index (χ3v) is 2.70. The van der Waals surface area contributed by atoms with Crippen LogP contribution in [0.3, 0.4) is 0 Å². The summed E-state index contributed by atoms with van der Waals surface area (Å²) in [5.74, 6) is 1.77. The normalized spacial score (nSPS) is 33.6. The van der Waals surface area contributed by atoms with Gasteiger partial charge in [0, 0.05) is 7.11 Å². The van der Waals surface area contributed by atoms with E-state index in [0.29, 0.717) is 6.10 Å². The van der Waals surface area contributed by atoms with Crippen molar-refractivity contribution >= 4 is 0 Å². The summed E-state index contributed by atoms with van der Waals surface area (Å²) in [6, 6.07) is 0. The fourth-order valence-corrected chi connectivity index (χ4v) is 1.79. The van der Waals surface area contributed by atoms with Gasteiger partial charge in [-0.3, -0.25) is 0 Å². The van der Waals surface area contributed by atoms with Crippen LogP contribution in [-0.4, -0.2) is 13.2 Å². The topological polar surface area (TPSA) is 9.23 Å². The van der Waals surface area contributed by atoms with Crippen molar-refractivity contribution in [3.63, 3.8) is 0 Å². The lowest BCUT2D eigenvalue weighted by atomic mass is 9.95. The van der Waals surface area contributed by atoms with Crippen LogP contribution >= 0.6 is 0 Å². The van der Waals surface area contributed by atoms with Gasteiger partial charge in [-0.15, -0.1) is 0 Å². The third kappa shape index (κ3) is 1.72. The van der Waals surface area contributed by atoms with Crippen molar-refractivity contribution in [2.24, 2.45) is 11.8 Å². The van der Waals surface area contributed by atoms with Crippen LogP contribution in [0.4, 0.5) is 0 Å². The van der Waals surface area contributed by atoms with Crippen molar-refractivity contribution in [2.45, 2.75) is 39.2 Å². The van der Waals surface area contributed by atoms with Gasteiger partial charge in [0.2, 0.25) is 0 Å². The molecule has 0 radical (unpaired) electrons. The van der Waals surface area contributed by atoms with Gasteiger partial charge >= 0.3 is 0 Å². The van der Waals surface area contributed by atoms with Gasteiger partial charge in [0.05, 0.1) is 6.10 Å². The van der Waals surface area contributed by atoms with Crippen LogP contribution in [0.25, 0.3) is 0 Å². The van der Waals surface area contributed by atoms with Crippen LogP contribution < -0.4 is 0 Å². The number of methoxy groups -OCH3 is 1. The standard InChI is InChI=1S/C9H18O/c1-7(2)8-4-5-9(6-8)10-3/h7-9H,4-6H2,1-3H3. The van der Waals surface area contributed by atoms with Gasteiger partial charge in [-0.2, -0.15) is 0 Å². The second-order valence-electron chi connectivity index (χ2n) is 3.67. The summed E-state index contributed by atoms with van der Waals surface area (Å²) in [4.78, 5) is 0. The van der Waals surface area contributed by atoms with Gasteiger partial charge in [0.1, 0.15) is 0 Å². The van der Waals surface area contributed by atoms with Crippen LogP contribution in [0.15, 0.2) is 0 Å². The molecule has 0 aliphatic heterocycles. The van der Waals surface area contributed by atoms with E-state index in [0.717, 1.165) is 11.8 Å². The Bertz CT molecular complexity index is 98.9. The number of rotatable bonds is 2. The molecular formula is C9H18O. The molecule has 0 saturated heterocycles. The number of hydrogen-bond donors (Lipinski definition) is 0. The summed E-state index contributed by atoms with van der Waals surface area (Å²) in [6.07, 6.45) is 4.50. The average Bonchev–Trinajstić information content (AvgIpc) is 2.34. The van der Waals surface area contributed by atoms with Crippen LogP contribution in [0, 0.1) is 11.8 Å². The van der Waals surface area contributed by atoms with E-state index in [1.165, 1.54) is 19.3 Å². The highest BCUT2D eigenvalue weighted by Gasteiger charge is 2.26. The van der Waals surface area contributed by atoms with Gasteiger partial charge in [-0.05, 0) is 31.1 Å². The first kappa shape index (κ1) is 8.06. The summed E-state index contributed by atoms with van der Waals surface area (Å²) >= 11 is 0. The summed E-state index contributed by atoms with van der Waals surface area (Å²) in [6.45, 7) is 4.62. The maximum absolute atomic E-state index is 5.29. The van der Waals surface area contributed by atoms with Gasteiger partial charge in [-0.1, -0.05) is 13.8 Å². The fourth-order valence-electron chi connectivity index (χ4n) is 1.79. The molecule has 2 atom stereocenters. The molecule has 2 unspecified atom stereocenters. The highest BCUT2D eigenvalue weighted by Crippen LogP contribution is 2.32. The molecule has 0 aromatic heterocycles. The van der Waals surface area contributed by atoms with Crippen molar-refractivity contribution in [1.29, 1.82) is 0 Å². The molecule has 1 heteroatoms. The zero-order chi connectivity index (χ0) is 7.56. The Morgan fingerprint density at radius 3 is 2.30 bits per heavy atom. The first-order chi connectivity index (χ1) is 4.74. The smallest absolute Gasteiger partial charge is 0.0574 e. The lowest BCUT2D eigenvalue weighted by molar-refractivity contribution is 0.103. The molecule has 1 rings (SSSR count). The fraction of sp³-hybridized carbons (Fsp3) is 1.00. The molecule has 10 heavy (non-hydrogen) atoms. The quantitative estimate of drug-likeness (QED) is 0.575.